The molecule has 1 unspecified atom stereocenters. The number of aryl methyl sites for hydroxylation is 1. The lowest BCUT2D eigenvalue weighted by Gasteiger charge is -2.06. The second-order valence-electron chi connectivity index (χ2n) is 4.73. The Morgan fingerprint density at radius 3 is 2.86 bits per heavy atom. The van der Waals surface area contributed by atoms with E-state index in [0.29, 0.717) is 18.7 Å². The molecule has 0 spiro atoms. The van der Waals surface area contributed by atoms with Crippen LogP contribution >= 0.6 is 0 Å². The molecule has 7 nitrogen and oxygen atoms in total. The molecule has 3 heterocycles. The predicted molar refractivity (Wildman–Crippen MR) is 73.2 cm³/mol. The Morgan fingerprint density at radius 1 is 1.24 bits per heavy atom. The zero-order valence-electron chi connectivity index (χ0n) is 11.3. The molecule has 7 heteroatoms. The van der Waals surface area contributed by atoms with E-state index < -0.39 is 6.10 Å². The van der Waals surface area contributed by atoms with Crippen molar-refractivity contribution in [3.63, 3.8) is 0 Å². The molecule has 0 radical (unpaired) electrons. The van der Waals surface area contributed by atoms with E-state index in [1.165, 1.54) is 5.56 Å². The number of aromatic nitrogens is 5. The van der Waals surface area contributed by atoms with Crippen molar-refractivity contribution in [2.24, 2.45) is 0 Å². The number of nitrogens with one attached hydrogen (secondary N) is 1. The van der Waals surface area contributed by atoms with Gasteiger partial charge in [0.1, 0.15) is 11.9 Å². The minimum Gasteiger partial charge on any atom is -0.469 e. The lowest BCUT2D eigenvalue weighted by Crippen LogP contribution is -2.03. The van der Waals surface area contributed by atoms with Crippen molar-refractivity contribution in [2.45, 2.75) is 25.4 Å². The molecule has 3 aromatic heterocycles. The van der Waals surface area contributed by atoms with E-state index in [4.69, 9.17) is 4.42 Å². The Balaban J connectivity index is 1.63. The number of pyridine rings is 1. The van der Waals surface area contributed by atoms with E-state index >= 15 is 0 Å². The Kier molecular flexibility index (Phi) is 4.02. The maximum Gasteiger partial charge on any atom is 0.202 e. The normalized spacial score (nSPS) is 12.4. The summed E-state index contributed by atoms with van der Waals surface area (Å²) < 4.78 is 5.51. The van der Waals surface area contributed by atoms with E-state index in [1.807, 2.05) is 18.2 Å². The number of aliphatic hydroxyl groups excluding tert-OH is 1. The summed E-state index contributed by atoms with van der Waals surface area (Å²) in [7, 11) is 0. The monoisotopic (exact) mass is 285 g/mol. The average molecular weight is 285 g/mol. The fourth-order valence-corrected chi connectivity index (χ4v) is 2.17. The molecule has 0 bridgehead atoms. The first-order chi connectivity index (χ1) is 10.3. The van der Waals surface area contributed by atoms with Gasteiger partial charge in [0.05, 0.1) is 6.26 Å². The Morgan fingerprint density at radius 2 is 2.10 bits per heavy atom. The van der Waals surface area contributed by atoms with E-state index in [0.717, 1.165) is 17.7 Å². The minimum absolute atomic E-state index is 0.303. The fourth-order valence-electron chi connectivity index (χ4n) is 2.17. The molecule has 0 aliphatic heterocycles. The summed E-state index contributed by atoms with van der Waals surface area (Å²) >= 11 is 0. The van der Waals surface area contributed by atoms with Crippen LogP contribution in [0, 0.1) is 0 Å². The first kappa shape index (κ1) is 13.4. The van der Waals surface area contributed by atoms with Crippen LogP contribution in [0.15, 0.2) is 41.3 Å². The van der Waals surface area contributed by atoms with Crippen LogP contribution in [0.3, 0.4) is 0 Å². The quantitative estimate of drug-likeness (QED) is 0.710. The Labute approximate surface area is 121 Å². The van der Waals surface area contributed by atoms with Gasteiger partial charge in [-0.25, -0.2) is 0 Å². The van der Waals surface area contributed by atoms with Gasteiger partial charge in [0, 0.05) is 25.2 Å². The summed E-state index contributed by atoms with van der Waals surface area (Å²) in [6.45, 7) is 0. The van der Waals surface area contributed by atoms with Gasteiger partial charge in [-0.1, -0.05) is 5.21 Å². The van der Waals surface area contributed by atoms with Gasteiger partial charge in [-0.2, -0.15) is 5.21 Å². The highest BCUT2D eigenvalue weighted by Gasteiger charge is 2.15. The minimum atomic E-state index is -0.748. The summed E-state index contributed by atoms with van der Waals surface area (Å²) in [6.07, 6.45) is 6.35. The van der Waals surface area contributed by atoms with E-state index in [1.54, 1.807) is 18.7 Å². The van der Waals surface area contributed by atoms with Crippen molar-refractivity contribution in [3.8, 4) is 0 Å². The molecule has 21 heavy (non-hydrogen) atoms. The van der Waals surface area contributed by atoms with Crippen molar-refractivity contribution < 1.29 is 9.52 Å². The smallest absolute Gasteiger partial charge is 0.202 e. The molecule has 0 saturated carbocycles. The van der Waals surface area contributed by atoms with Crippen LogP contribution in [0.5, 0.6) is 0 Å². The highest BCUT2D eigenvalue weighted by atomic mass is 16.3. The van der Waals surface area contributed by atoms with E-state index in [2.05, 4.69) is 25.6 Å². The van der Waals surface area contributed by atoms with Crippen molar-refractivity contribution >= 4 is 0 Å². The van der Waals surface area contributed by atoms with Crippen LogP contribution in [0.4, 0.5) is 0 Å². The van der Waals surface area contributed by atoms with Crippen LogP contribution in [0.1, 0.15) is 35.2 Å². The number of nitrogens with zero attached hydrogens (tertiary/aromatic N) is 4. The van der Waals surface area contributed by atoms with Gasteiger partial charge in [-0.3, -0.25) is 4.98 Å². The van der Waals surface area contributed by atoms with Crippen LogP contribution in [-0.4, -0.2) is 30.7 Å². The molecule has 0 fully saturated rings. The molecule has 3 aromatic rings. The number of tetrazole rings is 1. The van der Waals surface area contributed by atoms with Crippen molar-refractivity contribution in [1.82, 2.24) is 25.6 Å². The summed E-state index contributed by atoms with van der Waals surface area (Å²) in [5, 5.41) is 23.3. The van der Waals surface area contributed by atoms with Crippen molar-refractivity contribution in [2.75, 3.05) is 0 Å². The molecule has 0 amide bonds. The Hall–Kier alpha value is -2.54. The lowest BCUT2D eigenvalue weighted by atomic mass is 10.0. The summed E-state index contributed by atoms with van der Waals surface area (Å²) in [5.41, 5.74) is 2.29. The van der Waals surface area contributed by atoms with E-state index in [-0.39, 0.29) is 0 Å². The van der Waals surface area contributed by atoms with Crippen molar-refractivity contribution in [1.29, 1.82) is 0 Å². The van der Waals surface area contributed by atoms with Crippen molar-refractivity contribution in [3.05, 3.63) is 59.6 Å². The molecule has 0 saturated heterocycles. The molecular formula is C14H15N5O2. The number of furan rings is 1. The predicted octanol–water partition coefficient (Wildman–Crippen LogP) is 1.44. The highest BCUT2D eigenvalue weighted by molar-refractivity contribution is 5.26. The SMILES string of the molecule is OC(CCc1occc1Cc1ccncc1)c1nn[nH]n1. The number of aromatic amines is 1. The average Bonchev–Trinajstić information content (AvgIpc) is 3.18. The number of H-pyrrole nitrogens is 1. The van der Waals surface area contributed by atoms with Crippen LogP contribution in [-0.2, 0) is 12.8 Å². The van der Waals surface area contributed by atoms with Gasteiger partial charge in [0.25, 0.3) is 0 Å². The fraction of sp³-hybridized carbons (Fsp3) is 0.286. The maximum atomic E-state index is 9.95. The Bertz CT molecular complexity index is 666. The van der Waals surface area contributed by atoms with Gasteiger partial charge < -0.3 is 9.52 Å². The number of rotatable bonds is 6. The molecule has 0 aliphatic carbocycles. The van der Waals surface area contributed by atoms with Gasteiger partial charge in [0.2, 0.25) is 5.82 Å². The number of hydrogen-bond acceptors (Lipinski definition) is 6. The van der Waals surface area contributed by atoms with Gasteiger partial charge in [0.15, 0.2) is 0 Å². The third-order valence-corrected chi connectivity index (χ3v) is 3.29. The first-order valence-electron chi connectivity index (χ1n) is 6.68. The lowest BCUT2D eigenvalue weighted by molar-refractivity contribution is 0.155. The maximum absolute atomic E-state index is 9.95. The number of aliphatic hydroxyl groups is 1. The molecule has 108 valence electrons. The zero-order chi connectivity index (χ0) is 14.5. The summed E-state index contributed by atoms with van der Waals surface area (Å²) in [6, 6.07) is 5.91. The largest absolute Gasteiger partial charge is 0.469 e. The van der Waals surface area contributed by atoms with E-state index in [9.17, 15) is 5.11 Å². The molecule has 2 N–H and O–H groups in total. The highest BCUT2D eigenvalue weighted by Crippen LogP contribution is 2.20. The zero-order valence-corrected chi connectivity index (χ0v) is 11.3. The summed E-state index contributed by atoms with van der Waals surface area (Å²) in [4.78, 5) is 4.01. The third kappa shape index (κ3) is 3.32. The van der Waals surface area contributed by atoms with Crippen LogP contribution < -0.4 is 0 Å². The molecule has 3 rings (SSSR count). The third-order valence-electron chi connectivity index (χ3n) is 3.29. The van der Waals surface area contributed by atoms with Gasteiger partial charge in [-0.05, 0) is 35.7 Å². The van der Waals surface area contributed by atoms with Gasteiger partial charge in [-0.15, -0.1) is 10.2 Å². The van der Waals surface area contributed by atoms with Gasteiger partial charge >= 0.3 is 0 Å². The molecule has 0 aliphatic rings. The summed E-state index contributed by atoms with van der Waals surface area (Å²) in [5.74, 6) is 1.17. The number of hydrogen-bond donors (Lipinski definition) is 2. The van der Waals surface area contributed by atoms with Crippen LogP contribution in [0.2, 0.25) is 0 Å². The van der Waals surface area contributed by atoms with Crippen LogP contribution in [0.25, 0.3) is 0 Å². The molecular weight excluding hydrogens is 270 g/mol. The second kappa shape index (κ2) is 6.27. The standard InChI is InChI=1S/C14H15N5O2/c20-12(14-16-18-19-17-14)1-2-13-11(5-8-21-13)9-10-3-6-15-7-4-10/h3-8,12,20H,1-2,9H2,(H,16,17,18,19). The molecule has 0 aromatic carbocycles. The topological polar surface area (TPSA) is 101 Å². The molecule has 1 atom stereocenters. The first-order valence-corrected chi connectivity index (χ1v) is 6.68. The second-order valence-corrected chi connectivity index (χ2v) is 4.73.